The van der Waals surface area contributed by atoms with Gasteiger partial charge in [0.15, 0.2) is 0 Å². The van der Waals surface area contributed by atoms with Crippen molar-refractivity contribution in [2.75, 3.05) is 0 Å². The van der Waals surface area contributed by atoms with E-state index in [1.807, 2.05) is 0 Å². The van der Waals surface area contributed by atoms with Crippen LogP contribution in [0.4, 0.5) is 0 Å². The Kier molecular flexibility index (Phi) is 3.98. The van der Waals surface area contributed by atoms with Gasteiger partial charge in [-0.3, -0.25) is 0 Å². The second-order valence-corrected chi connectivity index (χ2v) is 6.99. The van der Waals surface area contributed by atoms with Gasteiger partial charge in [0.2, 0.25) is 0 Å². The molecule has 1 unspecified atom stereocenters. The summed E-state index contributed by atoms with van der Waals surface area (Å²) < 4.78 is 0. The number of rotatable bonds is 4. The van der Waals surface area contributed by atoms with Crippen LogP contribution >= 0.6 is 0 Å². The fourth-order valence-electron chi connectivity index (χ4n) is 4.02. The molecule has 1 aliphatic carbocycles. The van der Waals surface area contributed by atoms with Crippen molar-refractivity contribution in [1.29, 1.82) is 0 Å². The number of fused-ring (bicyclic) bond motifs is 2. The highest BCUT2D eigenvalue weighted by molar-refractivity contribution is 5.99. The fraction of sp³-hybridized carbons (Fsp3) is 0.250. The Morgan fingerprint density at radius 3 is 2.50 bits per heavy atom. The van der Waals surface area contributed by atoms with Crippen molar-refractivity contribution in [2.45, 2.75) is 33.1 Å². The first-order valence-electron chi connectivity index (χ1n) is 9.08. The second-order valence-electron chi connectivity index (χ2n) is 6.99. The van der Waals surface area contributed by atoms with Crippen LogP contribution in [-0.4, -0.2) is 0 Å². The van der Waals surface area contributed by atoms with Gasteiger partial charge in [0.25, 0.3) is 0 Å². The summed E-state index contributed by atoms with van der Waals surface area (Å²) in [5.41, 5.74) is 7.25. The standard InChI is InChI=1S/C24H24/c1-3-8-17(2)20-15-19-11-7-14-23(24(19)16-20)22-13-6-10-18-9-4-5-12-21(18)22/h4-7,9-14,16-17H,3,8,15H2,1-2H3. The third-order valence-corrected chi connectivity index (χ3v) is 5.36. The molecule has 0 N–H and O–H groups in total. The molecule has 0 bridgehead atoms. The third-order valence-electron chi connectivity index (χ3n) is 5.36. The molecule has 24 heavy (non-hydrogen) atoms. The van der Waals surface area contributed by atoms with Gasteiger partial charge in [-0.15, -0.1) is 0 Å². The molecule has 0 saturated heterocycles. The lowest BCUT2D eigenvalue weighted by molar-refractivity contribution is 0.596. The van der Waals surface area contributed by atoms with Crippen LogP contribution < -0.4 is 0 Å². The summed E-state index contributed by atoms with van der Waals surface area (Å²) in [6.45, 7) is 4.65. The quantitative estimate of drug-likeness (QED) is 0.492. The van der Waals surface area contributed by atoms with Crippen molar-refractivity contribution in [2.24, 2.45) is 5.92 Å². The Morgan fingerprint density at radius 1 is 0.875 bits per heavy atom. The Balaban J connectivity index is 1.86. The Labute approximate surface area is 144 Å². The van der Waals surface area contributed by atoms with E-state index in [1.54, 1.807) is 5.57 Å². The summed E-state index contributed by atoms with van der Waals surface area (Å²) in [6, 6.07) is 22.1. The van der Waals surface area contributed by atoms with E-state index in [1.165, 1.54) is 45.9 Å². The van der Waals surface area contributed by atoms with Gasteiger partial charge in [-0.25, -0.2) is 0 Å². The molecule has 4 rings (SSSR count). The van der Waals surface area contributed by atoms with Crippen molar-refractivity contribution in [3.05, 3.63) is 77.4 Å². The van der Waals surface area contributed by atoms with Crippen LogP contribution in [0.2, 0.25) is 0 Å². The Morgan fingerprint density at radius 2 is 1.62 bits per heavy atom. The molecule has 0 aliphatic heterocycles. The van der Waals surface area contributed by atoms with E-state index in [0.29, 0.717) is 5.92 Å². The van der Waals surface area contributed by atoms with Gasteiger partial charge in [0.05, 0.1) is 0 Å². The maximum Gasteiger partial charge on any atom is -0.00549 e. The smallest absolute Gasteiger partial charge is 0.00549 e. The lowest BCUT2D eigenvalue weighted by Crippen LogP contribution is -1.98. The molecule has 0 spiro atoms. The molecule has 0 heteroatoms. The molecular formula is C24H24. The van der Waals surface area contributed by atoms with Crippen LogP contribution in [0.25, 0.3) is 28.0 Å². The lowest BCUT2D eigenvalue weighted by atomic mass is 9.93. The van der Waals surface area contributed by atoms with Crippen molar-refractivity contribution in [3.8, 4) is 11.1 Å². The van der Waals surface area contributed by atoms with Crippen LogP contribution in [-0.2, 0) is 6.42 Å². The summed E-state index contributed by atoms with van der Waals surface area (Å²) in [6.07, 6.45) is 6.12. The molecule has 0 saturated carbocycles. The van der Waals surface area contributed by atoms with Gasteiger partial charge in [-0.2, -0.15) is 0 Å². The van der Waals surface area contributed by atoms with Crippen molar-refractivity contribution >= 4 is 16.8 Å². The van der Waals surface area contributed by atoms with E-state index in [9.17, 15) is 0 Å². The molecule has 120 valence electrons. The lowest BCUT2D eigenvalue weighted by Gasteiger charge is -2.11. The van der Waals surface area contributed by atoms with Crippen molar-refractivity contribution in [3.63, 3.8) is 0 Å². The van der Waals surface area contributed by atoms with Crippen LogP contribution in [0.1, 0.15) is 37.8 Å². The summed E-state index contributed by atoms with van der Waals surface area (Å²) in [5, 5.41) is 2.66. The van der Waals surface area contributed by atoms with Gasteiger partial charge in [-0.05, 0) is 51.8 Å². The Bertz CT molecular complexity index is 909. The molecule has 0 radical (unpaired) electrons. The third kappa shape index (κ3) is 2.57. The highest BCUT2D eigenvalue weighted by atomic mass is 14.2. The van der Waals surface area contributed by atoms with Crippen LogP contribution in [0, 0.1) is 5.92 Å². The van der Waals surface area contributed by atoms with Crippen LogP contribution in [0.3, 0.4) is 0 Å². The van der Waals surface area contributed by atoms with Gasteiger partial charge in [-0.1, -0.05) is 92.6 Å². The van der Waals surface area contributed by atoms with E-state index in [0.717, 1.165) is 6.42 Å². The molecule has 0 nitrogen and oxygen atoms in total. The zero-order valence-corrected chi connectivity index (χ0v) is 14.5. The van der Waals surface area contributed by atoms with Crippen LogP contribution in [0.5, 0.6) is 0 Å². The molecule has 0 fully saturated rings. The molecule has 3 aromatic carbocycles. The Hall–Kier alpha value is -2.34. The predicted octanol–water partition coefficient (Wildman–Crippen LogP) is 6.88. The fourth-order valence-corrected chi connectivity index (χ4v) is 4.02. The minimum absolute atomic E-state index is 0.683. The number of hydrogen-bond donors (Lipinski definition) is 0. The first-order valence-corrected chi connectivity index (χ1v) is 9.08. The average Bonchev–Trinajstić information content (AvgIpc) is 3.06. The summed E-state index contributed by atoms with van der Waals surface area (Å²) >= 11 is 0. The number of allylic oxidation sites excluding steroid dienone is 1. The molecule has 0 heterocycles. The van der Waals surface area contributed by atoms with Crippen molar-refractivity contribution < 1.29 is 0 Å². The van der Waals surface area contributed by atoms with E-state index < -0.39 is 0 Å². The minimum Gasteiger partial charge on any atom is -0.0654 e. The average molecular weight is 312 g/mol. The van der Waals surface area contributed by atoms with E-state index in [-0.39, 0.29) is 0 Å². The summed E-state index contributed by atoms with van der Waals surface area (Å²) in [7, 11) is 0. The SMILES string of the molecule is CCCC(C)C1=Cc2c(cccc2-c2cccc3ccccc23)C1. The van der Waals surface area contributed by atoms with Gasteiger partial charge in [0, 0.05) is 0 Å². The minimum atomic E-state index is 0.683. The molecule has 1 aliphatic rings. The topological polar surface area (TPSA) is 0 Å². The summed E-state index contributed by atoms with van der Waals surface area (Å²) in [4.78, 5) is 0. The number of benzene rings is 3. The zero-order chi connectivity index (χ0) is 16.5. The highest BCUT2D eigenvalue weighted by Crippen LogP contribution is 2.39. The van der Waals surface area contributed by atoms with E-state index in [4.69, 9.17) is 0 Å². The largest absolute Gasteiger partial charge is 0.0654 e. The molecule has 1 atom stereocenters. The highest BCUT2D eigenvalue weighted by Gasteiger charge is 2.20. The van der Waals surface area contributed by atoms with Gasteiger partial charge in [0.1, 0.15) is 0 Å². The maximum atomic E-state index is 2.47. The van der Waals surface area contributed by atoms with E-state index in [2.05, 4.69) is 80.6 Å². The van der Waals surface area contributed by atoms with Crippen molar-refractivity contribution in [1.82, 2.24) is 0 Å². The normalized spacial score (nSPS) is 14.5. The van der Waals surface area contributed by atoms with Gasteiger partial charge >= 0.3 is 0 Å². The number of hydrogen-bond acceptors (Lipinski definition) is 0. The second kappa shape index (κ2) is 6.28. The predicted molar refractivity (Wildman–Crippen MR) is 105 cm³/mol. The first-order chi connectivity index (χ1) is 11.8. The molecule has 0 amide bonds. The molecule has 0 aromatic heterocycles. The summed E-state index contributed by atoms with van der Waals surface area (Å²) in [5.74, 6) is 0.683. The first kappa shape index (κ1) is 15.2. The molecule has 3 aromatic rings. The monoisotopic (exact) mass is 312 g/mol. The van der Waals surface area contributed by atoms with Crippen LogP contribution in [0.15, 0.2) is 66.2 Å². The van der Waals surface area contributed by atoms with Gasteiger partial charge < -0.3 is 0 Å². The zero-order valence-electron chi connectivity index (χ0n) is 14.5. The maximum absolute atomic E-state index is 2.47. The van der Waals surface area contributed by atoms with E-state index >= 15 is 0 Å². The molecular weight excluding hydrogens is 288 g/mol.